The molecule has 0 aromatic heterocycles. The van der Waals surface area contributed by atoms with Gasteiger partial charge in [0.25, 0.3) is 11.7 Å². The number of Topliss-reactive ketones (excluding diaryl/α,β-unsaturated/α-hetero) is 3. The lowest BCUT2D eigenvalue weighted by Crippen LogP contribution is -2.61. The van der Waals surface area contributed by atoms with E-state index in [1.54, 1.807) is 52.8 Å². The molecule has 2 bridgehead atoms. The Kier molecular flexibility index (Phi) is 26.5. The first-order valence-corrected chi connectivity index (χ1v) is 29.0. The van der Waals surface area contributed by atoms with E-state index < -0.39 is 102 Å². The molecular formula is C60H95N3O16. The van der Waals surface area contributed by atoms with Gasteiger partial charge in [0.1, 0.15) is 36.2 Å². The Morgan fingerprint density at radius 1 is 0.886 bits per heavy atom. The maximum Gasteiger partial charge on any atom is 0.409 e. The molecule has 19 heteroatoms. The minimum Gasteiger partial charge on any atom is -0.460 e. The number of ketones is 3. The summed E-state index contributed by atoms with van der Waals surface area (Å²) in [6.07, 6.45) is 9.58. The average Bonchev–Trinajstić information content (AvgIpc) is 3.45. The number of likely N-dealkylation sites (N-methyl/N-ethyl adjacent to an activating group) is 1. The summed E-state index contributed by atoms with van der Waals surface area (Å²) in [6.45, 7) is 16.5. The fraction of sp³-hybridized carbons (Fsp3) is 0.767. The summed E-state index contributed by atoms with van der Waals surface area (Å²) in [6, 6.07) is -1.20. The first-order chi connectivity index (χ1) is 37.6. The van der Waals surface area contributed by atoms with Crippen LogP contribution >= 0.6 is 0 Å². The van der Waals surface area contributed by atoms with Gasteiger partial charge in [0.05, 0.1) is 44.7 Å². The van der Waals surface area contributed by atoms with Crippen molar-refractivity contribution in [3.63, 3.8) is 0 Å². The number of esters is 1. The highest BCUT2D eigenvalue weighted by Gasteiger charge is 2.53. The second kappa shape index (κ2) is 31.9. The van der Waals surface area contributed by atoms with Gasteiger partial charge in [-0.2, -0.15) is 0 Å². The quantitative estimate of drug-likeness (QED) is 0.116. The van der Waals surface area contributed by atoms with Crippen LogP contribution < -0.4 is 0 Å². The molecule has 19 nitrogen and oxygen atoms in total. The molecule has 5 rings (SSSR count). The monoisotopic (exact) mass is 1110 g/mol. The highest BCUT2D eigenvalue weighted by Crippen LogP contribution is 2.38. The Labute approximate surface area is 469 Å². The van der Waals surface area contributed by atoms with Crippen LogP contribution in [0.3, 0.4) is 0 Å². The molecule has 2 unspecified atom stereocenters. The maximum absolute atomic E-state index is 14.7. The number of fused-ring (bicyclic) bond motifs is 3. The van der Waals surface area contributed by atoms with Crippen LogP contribution in [-0.4, -0.2) is 200 Å². The van der Waals surface area contributed by atoms with E-state index in [-0.39, 0.29) is 62.4 Å². The zero-order valence-electron chi connectivity index (χ0n) is 48.9. The molecule has 4 heterocycles. The van der Waals surface area contributed by atoms with Crippen LogP contribution in [0.4, 0.5) is 4.79 Å². The van der Waals surface area contributed by atoms with Crippen molar-refractivity contribution in [1.82, 2.24) is 14.7 Å². The molecule has 0 radical (unpaired) electrons. The first kappa shape index (κ1) is 65.6. The molecule has 0 aromatic carbocycles. The SMILES string of the molecule is CO[C@@H]1C[C@H](CC(C)[C@@H]2CC(=O)[C@H](C)/C=C(\C)[C@@H](O)[C@@H](OC)C(=O)[C@H](C)C[C@H](C)/C=C/C=C/C=C(\C)C(OCCO)C[C@@H]3CC[C@@H](C)[C@@](O)(O3)C(=O)C(=O)N3CCCC[C@H]3C(=O)O2)CC[C@H]1OC(=O)N(C)CCN1CCOCC1. The van der Waals surface area contributed by atoms with Gasteiger partial charge in [-0.3, -0.25) is 24.1 Å². The molecule has 15 atom stereocenters. The summed E-state index contributed by atoms with van der Waals surface area (Å²) < 4.78 is 41.6. The van der Waals surface area contributed by atoms with Crippen LogP contribution in [0.25, 0.3) is 0 Å². The molecule has 5 aliphatic rings. The largest absolute Gasteiger partial charge is 0.460 e. The van der Waals surface area contributed by atoms with Gasteiger partial charge < -0.3 is 58.3 Å². The van der Waals surface area contributed by atoms with E-state index >= 15 is 0 Å². The lowest BCUT2D eigenvalue weighted by molar-refractivity contribution is -0.266. The Morgan fingerprint density at radius 2 is 1.62 bits per heavy atom. The minimum atomic E-state index is -2.51. The van der Waals surface area contributed by atoms with Gasteiger partial charge in [0, 0.05) is 84.6 Å². The summed E-state index contributed by atoms with van der Waals surface area (Å²) >= 11 is 0. The second-order valence-corrected chi connectivity index (χ2v) is 23.2. The van der Waals surface area contributed by atoms with E-state index in [9.17, 15) is 44.1 Å². The van der Waals surface area contributed by atoms with E-state index in [4.69, 9.17) is 33.2 Å². The predicted molar refractivity (Wildman–Crippen MR) is 295 cm³/mol. The number of methoxy groups -OCH3 is 2. The standard InChI is InChI=1S/C60H95N3O16/c1-38-16-12-11-13-17-39(2)50(76-31-28-64)36-46-21-19-44(7)60(72,79-46)56(68)57(69)63-23-15-14-18-47(63)58(70)77-51(37-48(65)40(3)33-43(6)54(67)55(74-10)53(66)42(5)32-38)41(4)34-45-20-22-49(52(35-45)73-9)78-59(71)61(8)24-25-62-26-29-75-30-27-62/h11-13,16-17,33,38,40-42,44-47,49-52,54-55,64,67,72H,14-15,18-32,34-37H2,1-10H3/b13-11+,16-12+,39-17+,43-33+/t38-,40-,41?,42-,44-,45+,46+,47+,49-,50?,51+,52-,54-,55+,60-/m1/s1. The number of aliphatic hydroxyl groups excluding tert-OH is 2. The third kappa shape index (κ3) is 18.7. The molecule has 3 saturated heterocycles. The molecule has 4 fully saturated rings. The highest BCUT2D eigenvalue weighted by atomic mass is 16.6. The van der Waals surface area contributed by atoms with Crippen LogP contribution in [0.15, 0.2) is 47.6 Å². The Morgan fingerprint density at radius 3 is 2.32 bits per heavy atom. The van der Waals surface area contributed by atoms with E-state index in [0.717, 1.165) is 18.7 Å². The number of morpholine rings is 1. The summed E-state index contributed by atoms with van der Waals surface area (Å²) in [5.41, 5.74) is 1.15. The molecule has 3 N–H and O–H groups in total. The lowest BCUT2D eigenvalue weighted by atomic mass is 9.78. The van der Waals surface area contributed by atoms with E-state index in [0.29, 0.717) is 89.7 Å². The number of ether oxygens (including phenoxy) is 7. The van der Waals surface area contributed by atoms with Crippen LogP contribution in [0.5, 0.6) is 0 Å². The fourth-order valence-electron chi connectivity index (χ4n) is 11.8. The Hall–Kier alpha value is -4.18. The smallest absolute Gasteiger partial charge is 0.409 e. The van der Waals surface area contributed by atoms with Gasteiger partial charge in [0.15, 0.2) is 5.78 Å². The van der Waals surface area contributed by atoms with Crippen LogP contribution in [0.2, 0.25) is 0 Å². The molecule has 446 valence electrons. The van der Waals surface area contributed by atoms with Gasteiger partial charge in [0.2, 0.25) is 5.79 Å². The molecular weight excluding hydrogens is 1020 g/mol. The molecule has 4 aliphatic heterocycles. The maximum atomic E-state index is 14.7. The van der Waals surface area contributed by atoms with E-state index in [2.05, 4.69) is 4.90 Å². The summed E-state index contributed by atoms with van der Waals surface area (Å²) in [5, 5.41) is 33.4. The molecule has 0 spiro atoms. The van der Waals surface area contributed by atoms with Crippen molar-refractivity contribution >= 4 is 35.3 Å². The Bertz CT molecular complexity index is 2140. The number of carbonyl (C=O) groups excluding carboxylic acids is 6. The van der Waals surface area contributed by atoms with Gasteiger partial charge >= 0.3 is 12.1 Å². The number of aliphatic hydroxyl groups is 3. The highest BCUT2D eigenvalue weighted by molar-refractivity contribution is 6.39. The molecule has 2 amide bonds. The van der Waals surface area contributed by atoms with Crippen molar-refractivity contribution in [3.8, 4) is 0 Å². The van der Waals surface area contributed by atoms with E-state index in [1.165, 1.54) is 12.0 Å². The number of nitrogens with zero attached hydrogens (tertiary/aromatic N) is 3. The normalized spacial score (nSPS) is 36.6. The summed E-state index contributed by atoms with van der Waals surface area (Å²) in [7, 11) is 4.68. The number of hydrogen-bond acceptors (Lipinski definition) is 17. The van der Waals surface area contributed by atoms with Gasteiger partial charge in [-0.15, -0.1) is 0 Å². The zero-order chi connectivity index (χ0) is 58.0. The lowest BCUT2D eigenvalue weighted by Gasteiger charge is -2.43. The van der Waals surface area contributed by atoms with Crippen molar-refractivity contribution in [3.05, 3.63) is 47.6 Å². The fourth-order valence-corrected chi connectivity index (χ4v) is 11.8. The third-order valence-corrected chi connectivity index (χ3v) is 17.0. The number of cyclic esters (lactones) is 1. The molecule has 1 saturated carbocycles. The number of rotatable bonds is 12. The van der Waals surface area contributed by atoms with Crippen molar-refractivity contribution in [2.24, 2.45) is 35.5 Å². The zero-order valence-corrected chi connectivity index (χ0v) is 48.9. The van der Waals surface area contributed by atoms with Gasteiger partial charge in [-0.05, 0) is 107 Å². The topological polar surface area (TPSA) is 237 Å². The summed E-state index contributed by atoms with van der Waals surface area (Å²) in [4.78, 5) is 90.1. The second-order valence-electron chi connectivity index (χ2n) is 23.2. The number of piperidine rings is 1. The van der Waals surface area contributed by atoms with Gasteiger partial charge in [-0.1, -0.05) is 71.1 Å². The molecule has 79 heavy (non-hydrogen) atoms. The van der Waals surface area contributed by atoms with Crippen LogP contribution in [0.1, 0.15) is 126 Å². The van der Waals surface area contributed by atoms with Crippen molar-refractivity contribution in [1.29, 1.82) is 0 Å². The summed E-state index contributed by atoms with van der Waals surface area (Å²) in [5.74, 6) is -8.57. The van der Waals surface area contributed by atoms with Crippen LogP contribution in [0, 0.1) is 35.5 Å². The van der Waals surface area contributed by atoms with Crippen molar-refractivity contribution in [2.45, 2.75) is 180 Å². The van der Waals surface area contributed by atoms with Crippen molar-refractivity contribution in [2.75, 3.05) is 80.4 Å². The predicted octanol–water partition coefficient (Wildman–Crippen LogP) is 5.95. The van der Waals surface area contributed by atoms with Gasteiger partial charge in [-0.25, -0.2) is 9.59 Å². The third-order valence-electron chi connectivity index (χ3n) is 17.0. The van der Waals surface area contributed by atoms with Crippen LogP contribution in [-0.2, 0) is 57.1 Å². The van der Waals surface area contributed by atoms with Crippen molar-refractivity contribution < 1.29 is 77.2 Å². The first-order valence-electron chi connectivity index (χ1n) is 29.0. The Balaban J connectivity index is 1.42. The average molecular weight is 1110 g/mol. The number of hydrogen-bond donors (Lipinski definition) is 3. The van der Waals surface area contributed by atoms with E-state index in [1.807, 2.05) is 51.2 Å². The minimum absolute atomic E-state index is 0.0249. The number of carbonyl (C=O) groups is 6. The number of amides is 2. The molecule has 1 aliphatic carbocycles. The number of allylic oxidation sites excluding steroid dienone is 6. The molecule has 0 aromatic rings.